The normalized spacial score (nSPS) is 34.5. The van der Waals surface area contributed by atoms with Crippen molar-refractivity contribution in [3.8, 4) is 17.0 Å². The smallest absolute Gasteiger partial charge is 0.235 e. The minimum absolute atomic E-state index is 0.167. The quantitative estimate of drug-likeness (QED) is 0.382. The number of aliphatic hydroxyl groups excluding tert-OH is 1. The van der Waals surface area contributed by atoms with Crippen LogP contribution in [0.15, 0.2) is 36.5 Å². The number of hydrogen-bond acceptors (Lipinski definition) is 10. The number of nitrogens with zero attached hydrogens (tertiary/aromatic N) is 2. The second kappa shape index (κ2) is 8.62. The van der Waals surface area contributed by atoms with Gasteiger partial charge in [-0.2, -0.15) is 0 Å². The van der Waals surface area contributed by atoms with E-state index in [0.717, 1.165) is 0 Å². The van der Waals surface area contributed by atoms with E-state index in [0.29, 0.717) is 16.8 Å². The van der Waals surface area contributed by atoms with Gasteiger partial charge in [0.05, 0.1) is 35.2 Å². The Morgan fingerprint density at radius 1 is 1.08 bits per heavy atom. The van der Waals surface area contributed by atoms with Gasteiger partial charge in [0.2, 0.25) is 5.91 Å². The maximum absolute atomic E-state index is 14.0. The number of fused-ring (bicyclic) bond motifs is 3. The van der Waals surface area contributed by atoms with Crippen LogP contribution < -0.4 is 5.73 Å². The first-order chi connectivity index (χ1) is 17.8. The molecular weight excluding hydrogens is 494 g/mol. The standard InChI is InChI=1S/C27H27N3O8/c1-10-14-11(12-6-4-5-9-29-12)7-8-13(31)16(14)21(32)17-15(10)22(33)19-20(30(2)3)23(34)18(26(28)37)25(36)27(19,38)24(17)35/h4-10,15,17-20,22,31,33,38H,1-3H3,(H2,28,37)/t10-,15+,17?,18?,19+,20-,22-,27-/m0/s1. The fourth-order valence-electron chi connectivity index (χ4n) is 6.81. The Morgan fingerprint density at radius 3 is 2.34 bits per heavy atom. The van der Waals surface area contributed by atoms with Crippen LogP contribution in [-0.4, -0.2) is 86.1 Å². The van der Waals surface area contributed by atoms with Gasteiger partial charge >= 0.3 is 0 Å². The lowest BCUT2D eigenvalue weighted by atomic mass is 9.49. The van der Waals surface area contributed by atoms with Gasteiger partial charge < -0.3 is 21.1 Å². The van der Waals surface area contributed by atoms with Gasteiger partial charge in [0.15, 0.2) is 34.7 Å². The molecule has 198 valence electrons. The molecule has 3 aliphatic carbocycles. The van der Waals surface area contributed by atoms with Gasteiger partial charge in [0.25, 0.3) is 0 Å². The monoisotopic (exact) mass is 521 g/mol. The maximum Gasteiger partial charge on any atom is 0.235 e. The van der Waals surface area contributed by atoms with E-state index in [1.54, 1.807) is 37.4 Å². The first-order valence-corrected chi connectivity index (χ1v) is 12.2. The van der Waals surface area contributed by atoms with Crippen LogP contribution in [0.3, 0.4) is 0 Å². The Kier molecular flexibility index (Phi) is 5.86. The van der Waals surface area contributed by atoms with Crippen LogP contribution in [0.2, 0.25) is 0 Å². The van der Waals surface area contributed by atoms with Gasteiger partial charge in [-0.25, -0.2) is 0 Å². The van der Waals surface area contributed by atoms with Crippen molar-refractivity contribution >= 4 is 29.0 Å². The molecule has 1 heterocycles. The number of Topliss-reactive ketones (excluding diaryl/α,β-unsaturated/α-hetero) is 4. The molecule has 11 nitrogen and oxygen atoms in total. The van der Waals surface area contributed by atoms with Crippen LogP contribution in [-0.2, 0) is 19.2 Å². The average Bonchev–Trinajstić information content (AvgIpc) is 2.86. The number of ketones is 4. The Morgan fingerprint density at radius 2 is 1.76 bits per heavy atom. The number of hydrogen-bond donors (Lipinski definition) is 4. The summed E-state index contributed by atoms with van der Waals surface area (Å²) in [5.74, 6) is -13.6. The van der Waals surface area contributed by atoms with Gasteiger partial charge in [-0.1, -0.05) is 13.0 Å². The summed E-state index contributed by atoms with van der Waals surface area (Å²) in [7, 11) is 2.89. The van der Waals surface area contributed by atoms with E-state index in [4.69, 9.17) is 5.73 Å². The number of likely N-dealkylation sites (N-methyl/N-ethyl adjacent to an activating group) is 1. The molecule has 3 aliphatic rings. The van der Waals surface area contributed by atoms with Crippen molar-refractivity contribution in [1.29, 1.82) is 0 Å². The Hall–Kier alpha value is -3.80. The Bertz CT molecular complexity index is 1410. The first kappa shape index (κ1) is 25.8. The van der Waals surface area contributed by atoms with Gasteiger partial charge in [-0.15, -0.1) is 0 Å². The third-order valence-electron chi connectivity index (χ3n) is 8.41. The molecule has 1 aromatic carbocycles. The number of carbonyl (C=O) groups excluding carboxylic acids is 5. The minimum Gasteiger partial charge on any atom is -0.507 e. The highest BCUT2D eigenvalue weighted by atomic mass is 16.3. The lowest BCUT2D eigenvalue weighted by Gasteiger charge is -2.56. The lowest BCUT2D eigenvalue weighted by molar-refractivity contribution is -0.196. The average molecular weight is 522 g/mol. The number of nitrogens with two attached hydrogens (primary N) is 1. The summed E-state index contributed by atoms with van der Waals surface area (Å²) in [6.45, 7) is 1.67. The fourth-order valence-corrected chi connectivity index (χ4v) is 6.81. The molecule has 0 spiro atoms. The van der Waals surface area contributed by atoms with Crippen molar-refractivity contribution in [2.45, 2.75) is 30.6 Å². The van der Waals surface area contributed by atoms with Crippen molar-refractivity contribution in [2.24, 2.45) is 29.4 Å². The molecular formula is C27H27N3O8. The highest BCUT2D eigenvalue weighted by molar-refractivity contribution is 6.32. The molecule has 0 saturated heterocycles. The molecule has 0 radical (unpaired) electrons. The van der Waals surface area contributed by atoms with Crippen molar-refractivity contribution in [2.75, 3.05) is 14.1 Å². The summed E-state index contributed by atoms with van der Waals surface area (Å²) in [6.07, 6.45) is -0.134. The molecule has 2 fully saturated rings. The SMILES string of the molecule is C[C@H]1c2c(-c3ccccn3)ccc(O)c2C(=O)C2C(=O)[C@]3(O)C(=O)C(C(N)=O)C(=O)[C@@H](N(C)C)[C@@H]3[C@@H](O)[C@@H]21. The predicted molar refractivity (Wildman–Crippen MR) is 131 cm³/mol. The van der Waals surface area contributed by atoms with E-state index >= 15 is 0 Å². The number of aromatic nitrogens is 1. The summed E-state index contributed by atoms with van der Waals surface area (Å²) in [5.41, 5.74) is 3.49. The minimum atomic E-state index is -3.02. The van der Waals surface area contributed by atoms with Crippen LogP contribution in [0.5, 0.6) is 5.75 Å². The van der Waals surface area contributed by atoms with Gasteiger partial charge in [0, 0.05) is 17.7 Å². The summed E-state index contributed by atoms with van der Waals surface area (Å²) in [5, 5.41) is 34.1. The summed E-state index contributed by atoms with van der Waals surface area (Å²) in [6, 6.07) is 6.63. The number of aliphatic hydroxyl groups is 2. The Labute approximate surface area is 217 Å². The second-order valence-electron chi connectivity index (χ2n) is 10.5. The number of primary amides is 1. The fraction of sp³-hybridized carbons (Fsp3) is 0.407. The van der Waals surface area contributed by atoms with E-state index in [9.17, 15) is 39.3 Å². The number of carbonyl (C=O) groups is 5. The van der Waals surface area contributed by atoms with E-state index in [2.05, 4.69) is 4.98 Å². The van der Waals surface area contributed by atoms with Gasteiger partial charge in [0.1, 0.15) is 5.75 Å². The number of benzene rings is 1. The number of pyridine rings is 1. The van der Waals surface area contributed by atoms with Crippen molar-refractivity contribution in [3.63, 3.8) is 0 Å². The third-order valence-corrected chi connectivity index (χ3v) is 8.41. The third kappa shape index (κ3) is 3.19. The van der Waals surface area contributed by atoms with Crippen LogP contribution in [0, 0.1) is 23.7 Å². The molecule has 0 aliphatic heterocycles. The summed E-state index contributed by atoms with van der Waals surface area (Å²) >= 11 is 0. The molecule has 5 rings (SSSR count). The van der Waals surface area contributed by atoms with E-state index in [1.165, 1.54) is 25.1 Å². The molecule has 2 unspecified atom stereocenters. The molecule has 1 amide bonds. The number of aromatic hydroxyl groups is 1. The first-order valence-electron chi connectivity index (χ1n) is 12.2. The molecule has 2 saturated carbocycles. The largest absolute Gasteiger partial charge is 0.507 e. The number of amides is 1. The van der Waals surface area contributed by atoms with E-state index in [-0.39, 0.29) is 5.56 Å². The van der Waals surface area contributed by atoms with Crippen LogP contribution in [0.1, 0.15) is 28.8 Å². The van der Waals surface area contributed by atoms with E-state index in [1.807, 2.05) is 0 Å². The van der Waals surface area contributed by atoms with Gasteiger partial charge in [-0.3, -0.25) is 33.9 Å². The molecule has 5 N–H and O–H groups in total. The molecule has 8 atom stereocenters. The summed E-state index contributed by atoms with van der Waals surface area (Å²) in [4.78, 5) is 72.2. The van der Waals surface area contributed by atoms with Gasteiger partial charge in [-0.05, 0) is 49.8 Å². The lowest BCUT2D eigenvalue weighted by Crippen LogP contribution is -2.77. The molecule has 38 heavy (non-hydrogen) atoms. The zero-order valence-corrected chi connectivity index (χ0v) is 20.9. The van der Waals surface area contributed by atoms with Crippen LogP contribution in [0.4, 0.5) is 0 Å². The zero-order chi connectivity index (χ0) is 27.8. The summed E-state index contributed by atoms with van der Waals surface area (Å²) < 4.78 is 0. The van der Waals surface area contributed by atoms with Crippen molar-refractivity contribution < 1.29 is 39.3 Å². The Balaban J connectivity index is 1.75. The van der Waals surface area contributed by atoms with E-state index < -0.39 is 82.1 Å². The molecule has 2 aromatic rings. The highest BCUT2D eigenvalue weighted by Gasteiger charge is 2.73. The molecule has 0 bridgehead atoms. The predicted octanol–water partition coefficient (Wildman–Crippen LogP) is -0.539. The molecule has 1 aromatic heterocycles. The number of rotatable bonds is 3. The molecule has 11 heteroatoms. The number of phenols is 1. The van der Waals surface area contributed by atoms with Crippen molar-refractivity contribution in [3.05, 3.63) is 47.7 Å². The topological polar surface area (TPSA) is 188 Å². The van der Waals surface area contributed by atoms with Crippen molar-refractivity contribution in [1.82, 2.24) is 9.88 Å². The van der Waals surface area contributed by atoms with Crippen LogP contribution in [0.25, 0.3) is 11.3 Å². The maximum atomic E-state index is 14.0. The second-order valence-corrected chi connectivity index (χ2v) is 10.5. The highest BCUT2D eigenvalue weighted by Crippen LogP contribution is 2.55. The number of phenolic OH excluding ortho intramolecular Hbond substituents is 1. The zero-order valence-electron chi connectivity index (χ0n) is 20.9. The van der Waals surface area contributed by atoms with Crippen LogP contribution >= 0.6 is 0 Å².